The molecule has 8 heteroatoms. The first kappa shape index (κ1) is 15.5. The number of pyridine rings is 1. The summed E-state index contributed by atoms with van der Waals surface area (Å²) >= 11 is 7.54. The Balaban J connectivity index is 2.21. The van der Waals surface area contributed by atoms with Crippen LogP contribution >= 0.6 is 23.4 Å². The van der Waals surface area contributed by atoms with Crippen LogP contribution in [0.5, 0.6) is 0 Å². The molecule has 0 saturated carbocycles. The van der Waals surface area contributed by atoms with Crippen LogP contribution in [0, 0.1) is 0 Å². The Morgan fingerprint density at radius 3 is 2.78 bits per heavy atom. The molecule has 2 heterocycles. The van der Waals surface area contributed by atoms with E-state index in [1.807, 2.05) is 24.5 Å². The fourth-order valence-electron chi connectivity index (χ4n) is 2.13. The van der Waals surface area contributed by atoms with Crippen LogP contribution in [0.1, 0.15) is 10.5 Å². The van der Waals surface area contributed by atoms with Crippen LogP contribution in [0.4, 0.5) is 11.4 Å². The minimum Gasteiger partial charge on any atom is -0.364 e. The highest BCUT2D eigenvalue weighted by Crippen LogP contribution is 2.30. The van der Waals surface area contributed by atoms with E-state index in [2.05, 4.69) is 20.5 Å². The number of benzene rings is 1. The normalized spacial score (nSPS) is 10.7. The second-order valence-corrected chi connectivity index (χ2v) is 6.00. The van der Waals surface area contributed by atoms with Gasteiger partial charge in [0.2, 0.25) is 0 Å². The number of carbonyl (C=O) groups excluding carboxylic acids is 1. The van der Waals surface area contributed by atoms with Crippen LogP contribution in [-0.4, -0.2) is 27.3 Å². The van der Waals surface area contributed by atoms with Crippen molar-refractivity contribution < 1.29 is 4.79 Å². The zero-order valence-electron chi connectivity index (χ0n) is 12.1. The lowest BCUT2D eigenvalue weighted by atomic mass is 10.1. The molecule has 0 aliphatic rings. The number of hydrogen-bond donors (Lipinski definition) is 2. The number of nitrogens with zero attached hydrogens (tertiary/aromatic N) is 3. The highest BCUT2D eigenvalue weighted by Gasteiger charge is 2.16. The van der Waals surface area contributed by atoms with Gasteiger partial charge in [-0.15, -0.1) is 22.0 Å². The van der Waals surface area contributed by atoms with Gasteiger partial charge < -0.3 is 11.1 Å². The zero-order chi connectivity index (χ0) is 16.4. The van der Waals surface area contributed by atoms with Gasteiger partial charge in [0.15, 0.2) is 5.69 Å². The molecule has 3 rings (SSSR count). The lowest BCUT2D eigenvalue weighted by molar-refractivity contribution is 0.0995. The fourth-order valence-corrected chi connectivity index (χ4v) is 2.75. The molecule has 0 aliphatic heterocycles. The smallest absolute Gasteiger partial charge is 0.271 e. The van der Waals surface area contributed by atoms with E-state index in [1.165, 1.54) is 6.20 Å². The molecule has 0 saturated heterocycles. The van der Waals surface area contributed by atoms with Gasteiger partial charge in [-0.3, -0.25) is 9.78 Å². The van der Waals surface area contributed by atoms with Crippen molar-refractivity contribution in [3.63, 3.8) is 0 Å². The number of nitrogens with one attached hydrogen (secondary N) is 1. The van der Waals surface area contributed by atoms with Gasteiger partial charge in [-0.2, -0.15) is 0 Å². The summed E-state index contributed by atoms with van der Waals surface area (Å²) in [4.78, 5) is 16.8. The van der Waals surface area contributed by atoms with Crippen molar-refractivity contribution in [1.29, 1.82) is 0 Å². The molecular weight excluding hydrogens is 334 g/mol. The summed E-state index contributed by atoms with van der Waals surface area (Å²) in [5, 5.41) is 12.3. The maximum Gasteiger partial charge on any atom is 0.271 e. The number of aromatic nitrogens is 3. The van der Waals surface area contributed by atoms with Crippen molar-refractivity contribution in [1.82, 2.24) is 15.2 Å². The first-order valence-corrected chi connectivity index (χ1v) is 8.20. The quantitative estimate of drug-likeness (QED) is 0.705. The molecule has 0 bridgehead atoms. The Labute approximate surface area is 141 Å². The van der Waals surface area contributed by atoms with E-state index in [-0.39, 0.29) is 5.69 Å². The van der Waals surface area contributed by atoms with E-state index in [4.69, 9.17) is 17.3 Å². The number of amides is 1. The Bertz CT molecular complexity index is 902. The predicted molar refractivity (Wildman–Crippen MR) is 92.4 cm³/mol. The second-order valence-electron chi connectivity index (χ2n) is 4.69. The van der Waals surface area contributed by atoms with E-state index in [0.29, 0.717) is 21.9 Å². The van der Waals surface area contributed by atoms with E-state index in [9.17, 15) is 4.79 Å². The van der Waals surface area contributed by atoms with Gasteiger partial charge in [0, 0.05) is 16.5 Å². The lowest BCUT2D eigenvalue weighted by Crippen LogP contribution is -2.16. The SMILES string of the molecule is CSc1ccc2nnc(C(N)=O)c(Nc3cncc(Cl)c3)c2c1. The lowest BCUT2D eigenvalue weighted by Gasteiger charge is -2.12. The molecule has 0 atom stereocenters. The highest BCUT2D eigenvalue weighted by atomic mass is 35.5. The van der Waals surface area contributed by atoms with Crippen molar-refractivity contribution >= 4 is 51.5 Å². The minimum atomic E-state index is -0.661. The van der Waals surface area contributed by atoms with Gasteiger partial charge in [0.25, 0.3) is 5.91 Å². The van der Waals surface area contributed by atoms with Gasteiger partial charge in [0.05, 0.1) is 28.1 Å². The number of primary amides is 1. The molecule has 0 aliphatic carbocycles. The van der Waals surface area contributed by atoms with Gasteiger partial charge in [-0.1, -0.05) is 11.6 Å². The van der Waals surface area contributed by atoms with Crippen molar-refractivity contribution in [2.24, 2.45) is 5.73 Å². The number of nitrogens with two attached hydrogens (primary N) is 1. The van der Waals surface area contributed by atoms with E-state index in [0.717, 1.165) is 10.3 Å². The molecule has 0 fully saturated rings. The molecule has 3 N–H and O–H groups in total. The molecule has 23 heavy (non-hydrogen) atoms. The molecule has 0 radical (unpaired) electrons. The molecule has 116 valence electrons. The van der Waals surface area contributed by atoms with E-state index < -0.39 is 5.91 Å². The standard InChI is InChI=1S/C15H12ClN5OS/c1-23-10-2-3-12-11(5-10)13(14(15(17)22)21-20-12)19-9-4-8(16)6-18-7-9/h2-7H,1H3,(H2,17,22)(H,19,20). The summed E-state index contributed by atoms with van der Waals surface area (Å²) in [5.74, 6) is -0.661. The zero-order valence-corrected chi connectivity index (χ0v) is 13.6. The summed E-state index contributed by atoms with van der Waals surface area (Å²) in [6.45, 7) is 0. The van der Waals surface area contributed by atoms with E-state index >= 15 is 0 Å². The maximum atomic E-state index is 11.7. The molecule has 0 spiro atoms. The molecule has 0 unspecified atom stereocenters. The molecule has 1 amide bonds. The van der Waals surface area contributed by atoms with Crippen LogP contribution in [0.3, 0.4) is 0 Å². The number of hydrogen-bond acceptors (Lipinski definition) is 6. The van der Waals surface area contributed by atoms with Crippen molar-refractivity contribution in [3.8, 4) is 0 Å². The van der Waals surface area contributed by atoms with Crippen LogP contribution in [-0.2, 0) is 0 Å². The highest BCUT2D eigenvalue weighted by molar-refractivity contribution is 7.98. The van der Waals surface area contributed by atoms with Gasteiger partial charge in [-0.25, -0.2) is 0 Å². The Morgan fingerprint density at radius 1 is 1.26 bits per heavy atom. The third-order valence-corrected chi connectivity index (χ3v) is 4.11. The number of halogens is 1. The van der Waals surface area contributed by atoms with Gasteiger partial charge in [0.1, 0.15) is 0 Å². The molecule has 3 aromatic rings. The largest absolute Gasteiger partial charge is 0.364 e. The van der Waals surface area contributed by atoms with Gasteiger partial charge >= 0.3 is 0 Å². The second kappa shape index (κ2) is 6.39. The van der Waals surface area contributed by atoms with Crippen molar-refractivity contribution in [3.05, 3.63) is 47.4 Å². The summed E-state index contributed by atoms with van der Waals surface area (Å²) in [6.07, 6.45) is 5.09. The number of rotatable bonds is 4. The summed E-state index contributed by atoms with van der Waals surface area (Å²) in [6, 6.07) is 7.42. The molecule has 2 aromatic heterocycles. The third kappa shape index (κ3) is 3.20. The number of carbonyl (C=O) groups is 1. The Kier molecular flexibility index (Phi) is 4.31. The van der Waals surface area contributed by atoms with Crippen molar-refractivity contribution in [2.45, 2.75) is 4.90 Å². The summed E-state index contributed by atoms with van der Waals surface area (Å²) in [5.41, 5.74) is 7.27. The number of thioether (sulfide) groups is 1. The number of anilines is 2. The fraction of sp³-hybridized carbons (Fsp3) is 0.0667. The predicted octanol–water partition coefficient (Wildman–Crippen LogP) is 3.24. The van der Waals surface area contributed by atoms with Crippen LogP contribution in [0.15, 0.2) is 41.6 Å². The monoisotopic (exact) mass is 345 g/mol. The minimum absolute atomic E-state index is 0.0655. The topological polar surface area (TPSA) is 93.8 Å². The number of fused-ring (bicyclic) bond motifs is 1. The molecule has 6 nitrogen and oxygen atoms in total. The summed E-state index contributed by atoms with van der Waals surface area (Å²) < 4.78 is 0. The summed E-state index contributed by atoms with van der Waals surface area (Å²) in [7, 11) is 0. The Hall–Kier alpha value is -2.38. The first-order valence-electron chi connectivity index (χ1n) is 6.60. The van der Waals surface area contributed by atoms with Gasteiger partial charge in [-0.05, 0) is 30.5 Å². The van der Waals surface area contributed by atoms with E-state index in [1.54, 1.807) is 24.0 Å². The Morgan fingerprint density at radius 2 is 2.09 bits per heavy atom. The van der Waals surface area contributed by atoms with Crippen LogP contribution in [0.2, 0.25) is 5.02 Å². The average Bonchev–Trinajstić information content (AvgIpc) is 2.54. The molecule has 1 aromatic carbocycles. The van der Waals surface area contributed by atoms with Crippen LogP contribution < -0.4 is 11.1 Å². The maximum absolute atomic E-state index is 11.7. The first-order chi connectivity index (χ1) is 11.1. The average molecular weight is 346 g/mol. The third-order valence-electron chi connectivity index (χ3n) is 3.18. The molecular formula is C15H12ClN5OS. The van der Waals surface area contributed by atoms with Crippen molar-refractivity contribution in [2.75, 3.05) is 11.6 Å². The van der Waals surface area contributed by atoms with Crippen LogP contribution in [0.25, 0.3) is 10.9 Å².